The molecule has 1 aromatic carbocycles. The summed E-state index contributed by atoms with van der Waals surface area (Å²) in [4.78, 5) is 33.3. The molecule has 4 rings (SSSR count). The van der Waals surface area contributed by atoms with Crippen molar-refractivity contribution in [1.29, 1.82) is 0 Å². The number of thiophene rings is 1. The topological polar surface area (TPSA) is 112 Å². The van der Waals surface area contributed by atoms with Crippen LogP contribution in [-0.4, -0.2) is 62.6 Å². The molecule has 1 saturated heterocycles. The molecule has 0 saturated carbocycles. The van der Waals surface area contributed by atoms with Crippen molar-refractivity contribution >= 4 is 50.2 Å². The zero-order valence-electron chi connectivity index (χ0n) is 18.8. The van der Waals surface area contributed by atoms with E-state index in [0.717, 1.165) is 36.3 Å². The molecule has 0 bridgehead atoms. The summed E-state index contributed by atoms with van der Waals surface area (Å²) >= 11 is 1.31. The van der Waals surface area contributed by atoms with Crippen molar-refractivity contribution in [2.45, 2.75) is 6.92 Å². The summed E-state index contributed by atoms with van der Waals surface area (Å²) in [5, 5.41) is 4.67. The minimum Gasteiger partial charge on any atom is -0.367 e. The summed E-state index contributed by atoms with van der Waals surface area (Å²) in [6.07, 6.45) is 2.89. The third-order valence-corrected chi connectivity index (χ3v) is 6.92. The van der Waals surface area contributed by atoms with E-state index in [1.165, 1.54) is 11.3 Å². The quantitative estimate of drug-likeness (QED) is 0.539. The normalized spacial score (nSPS) is 14.1. The molecular formula is C23H25N5O4S2. The van der Waals surface area contributed by atoms with Gasteiger partial charge in [-0.1, -0.05) is 6.07 Å². The molecule has 3 aromatic rings. The molecule has 2 N–H and O–H groups in total. The summed E-state index contributed by atoms with van der Waals surface area (Å²) in [5.74, 6) is -0.184. The highest BCUT2D eigenvalue weighted by molar-refractivity contribution is 7.92. The van der Waals surface area contributed by atoms with E-state index < -0.39 is 10.0 Å². The zero-order valence-corrected chi connectivity index (χ0v) is 20.4. The summed E-state index contributed by atoms with van der Waals surface area (Å²) < 4.78 is 25.2. The number of nitrogens with one attached hydrogen (secondary N) is 2. The van der Waals surface area contributed by atoms with Gasteiger partial charge in [-0.3, -0.25) is 19.3 Å². The first-order valence-corrected chi connectivity index (χ1v) is 13.4. The van der Waals surface area contributed by atoms with Crippen LogP contribution in [0, 0.1) is 0 Å². The van der Waals surface area contributed by atoms with Gasteiger partial charge in [0.25, 0.3) is 5.91 Å². The molecule has 0 spiro atoms. The first-order valence-electron chi connectivity index (χ1n) is 10.6. The van der Waals surface area contributed by atoms with Crippen molar-refractivity contribution in [3.05, 3.63) is 58.9 Å². The third-order valence-electron chi connectivity index (χ3n) is 5.38. The number of sulfonamides is 1. The molecule has 1 aliphatic heterocycles. The maximum atomic E-state index is 12.7. The fourth-order valence-corrected chi connectivity index (χ4v) is 5.03. The number of nitrogens with zero attached hydrogens (tertiary/aromatic N) is 3. The number of amides is 2. The molecule has 2 amide bonds. The van der Waals surface area contributed by atoms with E-state index in [0.29, 0.717) is 29.3 Å². The second-order valence-corrected chi connectivity index (χ2v) is 10.7. The molecule has 1 fully saturated rings. The Morgan fingerprint density at radius 1 is 1.03 bits per heavy atom. The number of benzene rings is 1. The molecule has 34 heavy (non-hydrogen) atoms. The molecule has 178 valence electrons. The van der Waals surface area contributed by atoms with Crippen molar-refractivity contribution in [1.82, 2.24) is 9.88 Å². The Balaban J connectivity index is 1.40. The Bertz CT molecular complexity index is 1300. The summed E-state index contributed by atoms with van der Waals surface area (Å²) in [6, 6.07) is 12.2. The standard InChI is InChI=1S/C23H25N5O4S2/c1-16(29)27-8-10-28(11-9-27)20-6-7-21(24-14-20)17-12-22(33-15-17)23(30)25-18-4-3-5-19(13-18)26-34(2,31)32/h3-7,12-15,26H,8-11H2,1-2H3,(H,25,30). The lowest BCUT2D eigenvalue weighted by Gasteiger charge is -2.35. The maximum Gasteiger partial charge on any atom is 0.265 e. The number of hydrogen-bond acceptors (Lipinski definition) is 7. The maximum absolute atomic E-state index is 12.7. The second kappa shape index (κ2) is 9.82. The van der Waals surface area contributed by atoms with Crippen LogP contribution >= 0.6 is 11.3 Å². The Morgan fingerprint density at radius 2 is 1.76 bits per heavy atom. The predicted octanol–water partition coefficient (Wildman–Crippen LogP) is 3.10. The lowest BCUT2D eigenvalue weighted by Crippen LogP contribution is -2.48. The molecule has 2 aromatic heterocycles. The van der Waals surface area contributed by atoms with Gasteiger partial charge in [0.1, 0.15) is 0 Å². The van der Waals surface area contributed by atoms with Crippen LogP contribution in [0.4, 0.5) is 17.1 Å². The molecule has 9 nitrogen and oxygen atoms in total. The molecule has 11 heteroatoms. The number of piperazine rings is 1. The lowest BCUT2D eigenvalue weighted by atomic mass is 10.2. The molecular weight excluding hydrogens is 474 g/mol. The lowest BCUT2D eigenvalue weighted by molar-refractivity contribution is -0.129. The van der Waals surface area contributed by atoms with E-state index in [9.17, 15) is 18.0 Å². The number of carbonyl (C=O) groups is 2. The number of anilines is 3. The first kappa shape index (κ1) is 23.7. The predicted molar refractivity (Wildman–Crippen MR) is 135 cm³/mol. The van der Waals surface area contributed by atoms with Gasteiger partial charge in [-0.25, -0.2) is 8.42 Å². The van der Waals surface area contributed by atoms with Crippen molar-refractivity contribution in [2.24, 2.45) is 0 Å². The van der Waals surface area contributed by atoms with Gasteiger partial charge in [0.15, 0.2) is 0 Å². The molecule has 1 aliphatic rings. The molecule has 0 atom stereocenters. The minimum absolute atomic E-state index is 0.101. The third kappa shape index (κ3) is 5.91. The van der Waals surface area contributed by atoms with Crippen LogP contribution in [0.25, 0.3) is 11.3 Å². The van der Waals surface area contributed by atoms with Crippen molar-refractivity contribution in [3.8, 4) is 11.3 Å². The van der Waals surface area contributed by atoms with Gasteiger partial charge in [-0.2, -0.15) is 0 Å². The van der Waals surface area contributed by atoms with Crippen LogP contribution < -0.4 is 14.9 Å². The number of pyridine rings is 1. The zero-order chi connectivity index (χ0) is 24.3. The van der Waals surface area contributed by atoms with Gasteiger partial charge in [-0.15, -0.1) is 11.3 Å². The second-order valence-electron chi connectivity index (χ2n) is 8.00. The van der Waals surface area contributed by atoms with E-state index in [-0.39, 0.29) is 11.8 Å². The van der Waals surface area contributed by atoms with Crippen LogP contribution in [0.15, 0.2) is 54.0 Å². The van der Waals surface area contributed by atoms with Gasteiger partial charge >= 0.3 is 0 Å². The van der Waals surface area contributed by atoms with Crippen LogP contribution in [0.2, 0.25) is 0 Å². The summed E-state index contributed by atoms with van der Waals surface area (Å²) in [6.45, 7) is 4.53. The van der Waals surface area contributed by atoms with E-state index >= 15 is 0 Å². The molecule has 0 aliphatic carbocycles. The average Bonchev–Trinajstić information content (AvgIpc) is 3.29. The fraction of sp³-hybridized carbons (Fsp3) is 0.261. The number of carbonyl (C=O) groups excluding carboxylic acids is 2. The van der Waals surface area contributed by atoms with Gasteiger partial charge in [0, 0.05) is 49.7 Å². The first-order chi connectivity index (χ1) is 16.2. The van der Waals surface area contributed by atoms with Crippen molar-refractivity contribution < 1.29 is 18.0 Å². The van der Waals surface area contributed by atoms with Crippen LogP contribution in [-0.2, 0) is 14.8 Å². The largest absolute Gasteiger partial charge is 0.367 e. The monoisotopic (exact) mass is 499 g/mol. The highest BCUT2D eigenvalue weighted by Gasteiger charge is 2.19. The van der Waals surface area contributed by atoms with Crippen LogP contribution in [0.5, 0.6) is 0 Å². The Kier molecular flexibility index (Phi) is 6.85. The van der Waals surface area contributed by atoms with Gasteiger partial charge in [0.05, 0.1) is 34.4 Å². The number of rotatable bonds is 6. The number of hydrogen-bond donors (Lipinski definition) is 2. The SMILES string of the molecule is CC(=O)N1CCN(c2ccc(-c3csc(C(=O)Nc4cccc(NS(C)(=O)=O)c4)c3)nc2)CC1. The fourth-order valence-electron chi connectivity index (χ4n) is 3.68. The Hall–Kier alpha value is -3.44. The van der Waals surface area contributed by atoms with Gasteiger partial charge < -0.3 is 15.1 Å². The Morgan fingerprint density at radius 3 is 2.41 bits per heavy atom. The van der Waals surface area contributed by atoms with Gasteiger partial charge in [0.2, 0.25) is 15.9 Å². The highest BCUT2D eigenvalue weighted by Crippen LogP contribution is 2.27. The summed E-state index contributed by atoms with van der Waals surface area (Å²) in [7, 11) is -3.40. The average molecular weight is 500 g/mol. The summed E-state index contributed by atoms with van der Waals surface area (Å²) in [5.41, 5.74) is 3.47. The molecule has 3 heterocycles. The molecule has 0 radical (unpaired) electrons. The minimum atomic E-state index is -3.40. The van der Waals surface area contributed by atoms with E-state index in [2.05, 4.69) is 19.9 Å². The van der Waals surface area contributed by atoms with E-state index in [1.54, 1.807) is 37.3 Å². The van der Waals surface area contributed by atoms with E-state index in [1.807, 2.05) is 28.6 Å². The van der Waals surface area contributed by atoms with Gasteiger partial charge in [-0.05, 0) is 36.4 Å². The smallest absolute Gasteiger partial charge is 0.265 e. The molecule has 0 unspecified atom stereocenters. The Labute approximate surface area is 202 Å². The van der Waals surface area contributed by atoms with E-state index in [4.69, 9.17) is 0 Å². The highest BCUT2D eigenvalue weighted by atomic mass is 32.2. The van der Waals surface area contributed by atoms with Crippen LogP contribution in [0.3, 0.4) is 0 Å². The van der Waals surface area contributed by atoms with Crippen molar-refractivity contribution in [3.63, 3.8) is 0 Å². The van der Waals surface area contributed by atoms with Crippen LogP contribution in [0.1, 0.15) is 16.6 Å². The van der Waals surface area contributed by atoms with Crippen molar-refractivity contribution in [2.75, 3.05) is 47.4 Å². The number of aromatic nitrogens is 1.